The van der Waals surface area contributed by atoms with Crippen molar-refractivity contribution in [3.05, 3.63) is 11.1 Å². The lowest BCUT2D eigenvalue weighted by molar-refractivity contribution is -0.115. The Morgan fingerprint density at radius 2 is 0.516 bits per heavy atom. The van der Waals surface area contributed by atoms with Crippen molar-refractivity contribution in [1.82, 2.24) is 0 Å². The van der Waals surface area contributed by atoms with Crippen LogP contribution < -0.4 is 0 Å². The van der Waals surface area contributed by atoms with Crippen molar-refractivity contribution in [3.8, 4) is 179 Å². The van der Waals surface area contributed by atoms with Crippen molar-refractivity contribution in [2.24, 2.45) is 0 Å². The van der Waals surface area contributed by atoms with Crippen molar-refractivity contribution in [1.29, 1.82) is 0 Å². The number of Topliss-reactive ketones (excluding diaryl/α,β-unsaturated/α-hetero) is 1. The van der Waals surface area contributed by atoms with Gasteiger partial charge in [-0.25, -0.2) is 0 Å². The fourth-order valence-corrected chi connectivity index (χ4v) is 5.41. The van der Waals surface area contributed by atoms with Gasteiger partial charge in [-0.15, -0.1) is 12.8 Å². The summed E-state index contributed by atoms with van der Waals surface area (Å²) in [6.07, 6.45) is 38.6. The average molecular weight is 817 g/mol. The lowest BCUT2D eigenvalue weighted by Gasteiger charge is -2.16. The first-order chi connectivity index (χ1) is 30.1. The number of carbonyl (C=O) groups is 1. The SMILES string of the molecule is C#CC#CC#CC#CC#CC#CC#CC#CC#CC#CC#CC#CC#CC#CC#C.CCCCCCCC(=O)C(CCCCCC)=C(CCCCCCC)CCCCCCC.O.[HH]. The minimum absolute atomic E-state index is 0. The molecule has 0 rings (SSSR count). The van der Waals surface area contributed by atoms with Crippen LogP contribution in [0.2, 0.25) is 0 Å². The number of terminal acetylenes is 2. The van der Waals surface area contributed by atoms with Gasteiger partial charge in [0.1, 0.15) is 0 Å². The first-order valence-corrected chi connectivity index (χ1v) is 21.8. The summed E-state index contributed by atoms with van der Waals surface area (Å²) in [6, 6.07) is 0. The van der Waals surface area contributed by atoms with Crippen LogP contribution in [0, 0.1) is 179 Å². The van der Waals surface area contributed by atoms with Gasteiger partial charge in [-0.3, -0.25) is 4.79 Å². The highest BCUT2D eigenvalue weighted by Gasteiger charge is 2.15. The van der Waals surface area contributed by atoms with E-state index in [1.807, 2.05) is 0 Å². The zero-order valence-corrected chi connectivity index (χ0v) is 37.8. The largest absolute Gasteiger partial charge is 0.412 e. The zero-order chi connectivity index (χ0) is 44.8. The summed E-state index contributed by atoms with van der Waals surface area (Å²) in [6.45, 7) is 9.11. The molecule has 0 aromatic heterocycles. The molecule has 316 valence electrons. The number of rotatable bonds is 24. The van der Waals surface area contributed by atoms with Gasteiger partial charge in [-0.2, -0.15) is 0 Å². The maximum absolute atomic E-state index is 13.3. The van der Waals surface area contributed by atoms with Gasteiger partial charge in [-0.1, -0.05) is 130 Å². The summed E-state index contributed by atoms with van der Waals surface area (Å²) in [7, 11) is 0. The maximum Gasteiger partial charge on any atom is 0.158 e. The second-order valence-corrected chi connectivity index (χ2v) is 13.3. The molecule has 0 aromatic carbocycles. The molecule has 0 aliphatic heterocycles. The van der Waals surface area contributed by atoms with Crippen LogP contribution in [0.3, 0.4) is 0 Å². The number of ketones is 1. The van der Waals surface area contributed by atoms with E-state index in [2.05, 4.69) is 193 Å². The summed E-state index contributed by atoms with van der Waals surface area (Å²) in [5.41, 5.74) is 2.83. The molecule has 0 aliphatic carbocycles. The normalized spacial score (nSPS) is 7.39. The lowest BCUT2D eigenvalue weighted by Crippen LogP contribution is -2.08. The Hall–Kier alpha value is -7.23. The molecule has 0 saturated heterocycles. The van der Waals surface area contributed by atoms with Gasteiger partial charge in [0.25, 0.3) is 0 Å². The summed E-state index contributed by atoms with van der Waals surface area (Å²) in [5, 5.41) is 0. The van der Waals surface area contributed by atoms with Gasteiger partial charge in [0.2, 0.25) is 0 Å². The third kappa shape index (κ3) is 47.1. The predicted octanol–water partition coefficient (Wildman–Crippen LogP) is 10.6. The van der Waals surface area contributed by atoms with E-state index >= 15 is 0 Å². The van der Waals surface area contributed by atoms with Crippen LogP contribution in [0.4, 0.5) is 0 Å². The highest BCUT2D eigenvalue weighted by atomic mass is 16.1. The maximum atomic E-state index is 13.3. The number of unbranched alkanes of at least 4 members (excludes halogenated alkanes) is 15. The fourth-order valence-electron chi connectivity index (χ4n) is 5.41. The molecule has 62 heavy (non-hydrogen) atoms. The second-order valence-electron chi connectivity index (χ2n) is 13.3. The van der Waals surface area contributed by atoms with E-state index in [0.717, 1.165) is 19.3 Å². The molecule has 0 saturated carbocycles. The van der Waals surface area contributed by atoms with Crippen molar-refractivity contribution >= 4 is 5.78 Å². The average Bonchev–Trinajstić information content (AvgIpc) is 3.27. The van der Waals surface area contributed by atoms with E-state index in [9.17, 15) is 4.79 Å². The van der Waals surface area contributed by atoms with Crippen molar-refractivity contribution < 1.29 is 11.7 Å². The molecule has 0 aliphatic rings. The van der Waals surface area contributed by atoms with E-state index in [0.29, 0.717) is 5.78 Å². The van der Waals surface area contributed by atoms with E-state index in [-0.39, 0.29) is 6.90 Å². The van der Waals surface area contributed by atoms with Gasteiger partial charge >= 0.3 is 0 Å². The van der Waals surface area contributed by atoms with E-state index in [1.54, 1.807) is 5.57 Å². The summed E-state index contributed by atoms with van der Waals surface area (Å²) in [4.78, 5) is 13.3. The third-order valence-electron chi connectivity index (χ3n) is 8.42. The molecule has 0 bridgehead atoms. The second kappa shape index (κ2) is 53.8. The summed E-state index contributed by atoms with van der Waals surface area (Å²) in [5.74, 6) is 68.7. The number of hydrogen-bond donors (Lipinski definition) is 0. The van der Waals surface area contributed by atoms with Gasteiger partial charge in [-0.05, 0) is 145 Å². The Labute approximate surface area is 381 Å². The highest BCUT2D eigenvalue weighted by molar-refractivity contribution is 5.96. The monoisotopic (exact) mass is 816 g/mol. The summed E-state index contributed by atoms with van der Waals surface area (Å²) < 4.78 is 0. The minimum Gasteiger partial charge on any atom is -0.412 e. The Bertz CT molecular complexity index is 2160. The van der Waals surface area contributed by atoms with Crippen molar-refractivity contribution in [2.75, 3.05) is 0 Å². The molecule has 0 radical (unpaired) electrons. The molecular weight excluding hydrogens is 753 g/mol. The molecule has 0 heterocycles. The molecule has 2 nitrogen and oxygen atoms in total. The van der Waals surface area contributed by atoms with E-state index in [1.165, 1.54) is 134 Å². The van der Waals surface area contributed by atoms with Crippen LogP contribution in [-0.4, -0.2) is 11.3 Å². The molecule has 2 N–H and O–H groups in total. The molecule has 2 heteroatoms. The zero-order valence-electron chi connectivity index (χ0n) is 37.8. The summed E-state index contributed by atoms with van der Waals surface area (Å²) >= 11 is 0. The molecular formula is C60H64O2. The number of carbonyl (C=O) groups excluding carboxylic acids is 1. The van der Waals surface area contributed by atoms with Gasteiger partial charge < -0.3 is 5.48 Å². The highest BCUT2D eigenvalue weighted by Crippen LogP contribution is 2.27. The van der Waals surface area contributed by atoms with Crippen molar-refractivity contribution in [3.63, 3.8) is 0 Å². The standard InChI is InChI=1S/C30H58O.C30H2.H2O.H2/c1-5-9-13-17-20-24-28(25-21-18-14-10-6-2)29(26-22-16-12-8-4)30(31)27-23-19-15-11-7-3;1-3-5-7-9-11-13-15-17-19-21-23-25-27-29-30-28-26-24-22-20-18-16-14-12-10-8-6-4-2;;/h5-27H2,1-4H3;1-2H;1H2;1H. The molecule has 0 spiro atoms. The predicted molar refractivity (Wildman–Crippen MR) is 265 cm³/mol. The smallest absolute Gasteiger partial charge is 0.158 e. The van der Waals surface area contributed by atoms with Crippen molar-refractivity contribution in [2.45, 2.75) is 175 Å². The van der Waals surface area contributed by atoms with Crippen LogP contribution in [0.25, 0.3) is 0 Å². The molecule has 0 aromatic rings. The van der Waals surface area contributed by atoms with Crippen LogP contribution in [-0.2, 0) is 4.79 Å². The van der Waals surface area contributed by atoms with Crippen LogP contribution in [0.1, 0.15) is 177 Å². The molecule has 0 atom stereocenters. The van der Waals surface area contributed by atoms with Gasteiger partial charge in [0.15, 0.2) is 5.78 Å². The van der Waals surface area contributed by atoms with Crippen LogP contribution in [0.15, 0.2) is 11.1 Å². The molecule has 0 fully saturated rings. The van der Waals surface area contributed by atoms with E-state index in [4.69, 9.17) is 12.8 Å². The lowest BCUT2D eigenvalue weighted by atomic mass is 9.89. The number of allylic oxidation sites excluding steroid dienone is 2. The third-order valence-corrected chi connectivity index (χ3v) is 8.42. The van der Waals surface area contributed by atoms with Crippen LogP contribution in [0.5, 0.6) is 0 Å². The topological polar surface area (TPSA) is 48.6 Å². The van der Waals surface area contributed by atoms with Gasteiger partial charge in [0, 0.05) is 78.9 Å². The minimum atomic E-state index is 0. The Kier molecular flexibility index (Phi) is 51.2. The molecule has 0 amide bonds. The van der Waals surface area contributed by atoms with Gasteiger partial charge in [0.05, 0.1) is 0 Å². The Balaban J connectivity index is -0.000000536. The Morgan fingerprint density at radius 1 is 0.306 bits per heavy atom. The van der Waals surface area contributed by atoms with E-state index < -0.39 is 0 Å². The Morgan fingerprint density at radius 3 is 0.774 bits per heavy atom. The first-order valence-electron chi connectivity index (χ1n) is 21.8. The number of hydrogen-bond acceptors (Lipinski definition) is 1. The fraction of sp³-hybridized carbons (Fsp3) is 0.450. The molecule has 0 unspecified atom stereocenters. The van der Waals surface area contributed by atoms with Crippen LogP contribution >= 0.6 is 0 Å². The first kappa shape index (κ1) is 59.1. The quantitative estimate of drug-likeness (QED) is 0.0544.